The molecule has 12 atom stereocenters. The summed E-state index contributed by atoms with van der Waals surface area (Å²) in [6.45, 7) is 2.56. The predicted octanol–water partition coefficient (Wildman–Crippen LogP) is -4.69. The highest BCUT2D eigenvalue weighted by atomic mass is 16.7. The van der Waals surface area contributed by atoms with Crippen molar-refractivity contribution >= 4 is 23.7 Å². The van der Waals surface area contributed by atoms with Crippen LogP contribution >= 0.6 is 0 Å². The number of unbranched alkanes of at least 4 members (excludes halogenated alkanes) is 2. The van der Waals surface area contributed by atoms with Crippen LogP contribution in [0.25, 0.3) is 0 Å². The van der Waals surface area contributed by atoms with E-state index in [2.05, 4.69) is 16.0 Å². The van der Waals surface area contributed by atoms with Crippen molar-refractivity contribution in [2.45, 2.75) is 101 Å². The van der Waals surface area contributed by atoms with Crippen LogP contribution in [0.2, 0.25) is 0 Å². The maximum atomic E-state index is 13.1. The molecule has 0 radical (unpaired) electrons. The standard InChI is InChI=1S/C32H50N4O17/c1-14-22(40)24(42)26(44)31(51-14)49-12-10-34-29(47)20-19(21(20)30(48)35-11-13-50-32-27(45)25(43)23(41)15(2)52-32)28(46)33-9-5-3-4-6-18(39)53-36-16(37)7-8-17(36)38/h7-8,14-15,19-27,31-32,37-38,40-45H,3-6,9-13H2,1-2H3,(H,33,46)(H,34,47)(H,35,48)/t14-,15-,19?,20?,21?,22+,23+,24+,25+,26-,27-,31+,32+/m0/s1. The van der Waals surface area contributed by atoms with Crippen LogP contribution in [0.5, 0.6) is 11.8 Å². The van der Waals surface area contributed by atoms with Crippen LogP contribution in [-0.2, 0) is 38.1 Å². The topological polar surface area (TPSA) is 317 Å². The van der Waals surface area contributed by atoms with Gasteiger partial charge in [-0.1, -0.05) is 6.42 Å². The highest BCUT2D eigenvalue weighted by Crippen LogP contribution is 2.47. The van der Waals surface area contributed by atoms with Gasteiger partial charge in [0.05, 0.1) is 43.2 Å². The quantitative estimate of drug-likeness (QED) is 0.0626. The minimum atomic E-state index is -1.54. The molecule has 3 amide bonds. The monoisotopic (exact) mass is 762 g/mol. The highest BCUT2D eigenvalue weighted by Gasteiger charge is 2.62. The molecule has 4 rings (SSSR count). The number of nitrogens with zero attached hydrogens (tertiary/aromatic N) is 1. The van der Waals surface area contributed by atoms with Gasteiger partial charge in [0.1, 0.15) is 36.6 Å². The minimum Gasteiger partial charge on any atom is -0.492 e. The summed E-state index contributed by atoms with van der Waals surface area (Å²) in [6, 6.07) is 2.30. The van der Waals surface area contributed by atoms with Crippen LogP contribution in [0.15, 0.2) is 12.1 Å². The van der Waals surface area contributed by atoms with Gasteiger partial charge in [0.15, 0.2) is 12.6 Å². The van der Waals surface area contributed by atoms with Crippen molar-refractivity contribution < 1.29 is 83.8 Å². The number of carbonyl (C=O) groups is 4. The van der Waals surface area contributed by atoms with Gasteiger partial charge in [0.2, 0.25) is 29.5 Å². The van der Waals surface area contributed by atoms with Crippen LogP contribution in [0, 0.1) is 17.8 Å². The summed E-state index contributed by atoms with van der Waals surface area (Å²) in [4.78, 5) is 56.2. The van der Waals surface area contributed by atoms with Crippen molar-refractivity contribution in [1.82, 2.24) is 20.7 Å². The van der Waals surface area contributed by atoms with Gasteiger partial charge in [-0.2, -0.15) is 0 Å². The molecule has 3 heterocycles. The summed E-state index contributed by atoms with van der Waals surface area (Å²) >= 11 is 0. The van der Waals surface area contributed by atoms with Crippen LogP contribution in [0.1, 0.15) is 39.5 Å². The third-order valence-electron chi connectivity index (χ3n) is 9.26. The maximum Gasteiger partial charge on any atom is 0.333 e. The number of aliphatic hydroxyl groups is 6. The van der Waals surface area contributed by atoms with Crippen molar-refractivity contribution in [2.75, 3.05) is 32.8 Å². The Bertz CT molecular complexity index is 1320. The number of hydrogen-bond donors (Lipinski definition) is 11. The molecule has 1 saturated carbocycles. The molecule has 21 heteroatoms. The molecule has 53 heavy (non-hydrogen) atoms. The predicted molar refractivity (Wildman–Crippen MR) is 174 cm³/mol. The zero-order valence-electron chi connectivity index (χ0n) is 29.2. The summed E-state index contributed by atoms with van der Waals surface area (Å²) in [5, 5.41) is 86.8. The Morgan fingerprint density at radius 3 is 1.47 bits per heavy atom. The second-order valence-corrected chi connectivity index (χ2v) is 13.2. The number of nitrogens with one attached hydrogen (secondary N) is 3. The van der Waals surface area contributed by atoms with Crippen LogP contribution in [0.3, 0.4) is 0 Å². The Balaban J connectivity index is 1.23. The van der Waals surface area contributed by atoms with E-state index in [0.717, 1.165) is 12.1 Å². The fourth-order valence-corrected chi connectivity index (χ4v) is 6.07. The molecule has 0 spiro atoms. The van der Waals surface area contributed by atoms with E-state index in [-0.39, 0.29) is 39.3 Å². The van der Waals surface area contributed by atoms with E-state index in [9.17, 15) is 60.0 Å². The van der Waals surface area contributed by atoms with Gasteiger partial charge in [-0.15, -0.1) is 4.73 Å². The van der Waals surface area contributed by atoms with Crippen molar-refractivity contribution in [3.05, 3.63) is 12.1 Å². The number of amides is 3. The average Bonchev–Trinajstić information content (AvgIpc) is 3.81. The van der Waals surface area contributed by atoms with Gasteiger partial charge in [-0.3, -0.25) is 14.4 Å². The lowest BCUT2D eigenvalue weighted by molar-refractivity contribution is -0.292. The first-order valence-electron chi connectivity index (χ1n) is 17.4. The molecule has 1 aromatic rings. The Kier molecular flexibility index (Phi) is 15.2. The molecule has 11 N–H and O–H groups in total. The van der Waals surface area contributed by atoms with Gasteiger partial charge in [-0.05, 0) is 26.7 Å². The Hall–Kier alpha value is -3.64. The van der Waals surface area contributed by atoms with Crippen LogP contribution in [-0.4, -0.2) is 164 Å². The average molecular weight is 763 g/mol. The fourth-order valence-electron chi connectivity index (χ4n) is 6.07. The van der Waals surface area contributed by atoms with E-state index in [1.807, 2.05) is 0 Å². The largest absolute Gasteiger partial charge is 0.492 e. The first-order chi connectivity index (χ1) is 25.1. The van der Waals surface area contributed by atoms with Crippen molar-refractivity contribution in [2.24, 2.45) is 17.8 Å². The molecule has 1 aromatic heterocycles. The zero-order valence-corrected chi connectivity index (χ0v) is 29.2. The molecule has 0 bridgehead atoms. The van der Waals surface area contributed by atoms with Crippen molar-refractivity contribution in [3.63, 3.8) is 0 Å². The fraction of sp³-hybridized carbons (Fsp3) is 0.750. The van der Waals surface area contributed by atoms with E-state index in [4.69, 9.17) is 23.8 Å². The number of ether oxygens (including phenoxy) is 4. The summed E-state index contributed by atoms with van der Waals surface area (Å²) in [5.41, 5.74) is 0. The maximum absolute atomic E-state index is 13.1. The summed E-state index contributed by atoms with van der Waals surface area (Å²) < 4.78 is 22.1. The molecular formula is C32H50N4O17. The molecule has 1 aliphatic carbocycles. The summed E-state index contributed by atoms with van der Waals surface area (Å²) in [5.74, 6) is -6.55. The smallest absolute Gasteiger partial charge is 0.333 e. The Morgan fingerprint density at radius 2 is 1.04 bits per heavy atom. The van der Waals surface area contributed by atoms with Gasteiger partial charge in [0.25, 0.3) is 0 Å². The third kappa shape index (κ3) is 10.7. The second kappa shape index (κ2) is 19.1. The van der Waals surface area contributed by atoms with E-state index in [1.165, 1.54) is 13.8 Å². The number of aromatic nitrogens is 1. The number of aromatic hydroxyl groups is 2. The summed E-state index contributed by atoms with van der Waals surface area (Å²) in [7, 11) is 0. The first-order valence-corrected chi connectivity index (χ1v) is 17.4. The number of hydrogen-bond acceptors (Lipinski definition) is 17. The molecule has 300 valence electrons. The number of aliphatic hydroxyl groups excluding tert-OH is 6. The molecular weight excluding hydrogens is 712 g/mol. The highest BCUT2D eigenvalue weighted by molar-refractivity contribution is 6.02. The lowest BCUT2D eigenvalue weighted by Gasteiger charge is -2.38. The van der Waals surface area contributed by atoms with Crippen molar-refractivity contribution in [3.8, 4) is 11.8 Å². The normalized spacial score (nSPS) is 33.8. The number of carbonyl (C=O) groups excluding carboxylic acids is 4. The molecule has 2 unspecified atom stereocenters. The summed E-state index contributed by atoms with van der Waals surface area (Å²) in [6.07, 6.45) is -11.7. The molecule has 2 aliphatic heterocycles. The van der Waals surface area contributed by atoms with E-state index in [0.29, 0.717) is 24.0 Å². The molecule has 3 aliphatic rings. The number of rotatable bonds is 18. The van der Waals surface area contributed by atoms with Crippen LogP contribution < -0.4 is 20.8 Å². The van der Waals surface area contributed by atoms with Gasteiger partial charge in [0, 0.05) is 38.2 Å². The lowest BCUT2D eigenvalue weighted by atomic mass is 10.0. The van der Waals surface area contributed by atoms with E-state index in [1.54, 1.807) is 0 Å². The molecule has 21 nitrogen and oxygen atoms in total. The van der Waals surface area contributed by atoms with E-state index >= 15 is 0 Å². The van der Waals surface area contributed by atoms with E-state index < -0.39 is 115 Å². The lowest BCUT2D eigenvalue weighted by Crippen LogP contribution is -2.57. The van der Waals surface area contributed by atoms with Gasteiger partial charge in [-0.25, -0.2) is 4.79 Å². The Labute approximate surface area is 303 Å². The third-order valence-corrected chi connectivity index (χ3v) is 9.26. The van der Waals surface area contributed by atoms with Crippen LogP contribution in [0.4, 0.5) is 0 Å². The first kappa shape index (κ1) is 42.1. The molecule has 2 saturated heterocycles. The molecule has 0 aromatic carbocycles. The van der Waals surface area contributed by atoms with Crippen molar-refractivity contribution in [1.29, 1.82) is 0 Å². The second-order valence-electron chi connectivity index (χ2n) is 13.2. The minimum absolute atomic E-state index is 0.0354. The van der Waals surface area contributed by atoms with Gasteiger partial charge >= 0.3 is 5.97 Å². The Morgan fingerprint density at radius 1 is 0.623 bits per heavy atom. The zero-order chi connectivity index (χ0) is 39.0. The molecule has 3 fully saturated rings. The SMILES string of the molecule is C[C@@H]1O[C@@H](OCCNC(=O)C2C(C(=O)NCCCCCC(=O)On3c(O)ccc3O)C2C(=O)NCCO[C@@H]2O[C@@H](C)[C@@H](O)[C@@H](O)[C@@H]2O)[C@@H](O)[C@H](O)[C@@H]1O. The van der Waals surface area contributed by atoms with Gasteiger partial charge < -0.3 is 80.6 Å².